The molecule has 0 saturated carbocycles. The Hall–Kier alpha value is -5.03. The fraction of sp³-hybridized carbons (Fsp3) is 0.361. The summed E-state index contributed by atoms with van der Waals surface area (Å²) >= 11 is 0. The summed E-state index contributed by atoms with van der Waals surface area (Å²) in [5.74, 6) is -3.47. The number of methoxy groups -OCH3 is 1. The molecule has 4 rings (SSSR count). The number of aliphatic carboxylic acids is 1. The third kappa shape index (κ3) is 9.49. The number of nitrogens with two attached hydrogens (primary N) is 1. The summed E-state index contributed by atoms with van der Waals surface area (Å²) in [5.41, 5.74) is 12.5. The number of ether oxygens (including phenoxy) is 1. The Labute approximate surface area is 274 Å². The molecule has 2 atom stereocenters. The lowest BCUT2D eigenvalue weighted by Gasteiger charge is -2.23. The zero-order valence-electron chi connectivity index (χ0n) is 26.9. The second-order valence-corrected chi connectivity index (χ2v) is 12.2. The first-order chi connectivity index (χ1) is 22.5. The Bertz CT molecular complexity index is 1630. The molecule has 47 heavy (non-hydrogen) atoms. The van der Waals surface area contributed by atoms with Crippen molar-refractivity contribution in [1.29, 1.82) is 0 Å². The average molecular weight is 643 g/mol. The van der Waals surface area contributed by atoms with Gasteiger partial charge in [0.15, 0.2) is 0 Å². The number of nitrogens with one attached hydrogen (secondary N) is 3. The molecule has 0 spiro atoms. The number of esters is 1. The van der Waals surface area contributed by atoms with Crippen molar-refractivity contribution < 1.29 is 33.8 Å². The van der Waals surface area contributed by atoms with E-state index < -0.39 is 35.7 Å². The van der Waals surface area contributed by atoms with Crippen LogP contribution >= 0.6 is 0 Å². The number of amides is 3. The van der Waals surface area contributed by atoms with Crippen LogP contribution in [0, 0.1) is 11.8 Å². The van der Waals surface area contributed by atoms with Crippen LogP contribution in [0.15, 0.2) is 60.7 Å². The van der Waals surface area contributed by atoms with Crippen molar-refractivity contribution in [2.24, 2.45) is 17.6 Å². The van der Waals surface area contributed by atoms with Crippen LogP contribution in [0.5, 0.6) is 0 Å². The maximum Gasteiger partial charge on any atom is 0.337 e. The van der Waals surface area contributed by atoms with Gasteiger partial charge in [-0.3, -0.25) is 19.2 Å². The molecule has 0 radical (unpaired) electrons. The lowest BCUT2D eigenvalue weighted by molar-refractivity contribution is -0.141. The maximum absolute atomic E-state index is 13.4. The zero-order chi connectivity index (χ0) is 34.1. The third-order valence-corrected chi connectivity index (χ3v) is 8.14. The predicted molar refractivity (Wildman–Crippen MR) is 179 cm³/mol. The van der Waals surface area contributed by atoms with Crippen LogP contribution in [-0.2, 0) is 36.8 Å². The normalized spacial score (nSPS) is 12.8. The monoisotopic (exact) mass is 642 g/mol. The van der Waals surface area contributed by atoms with Gasteiger partial charge in [-0.05, 0) is 102 Å². The number of aryl methyl sites for hydroxylation is 1. The molecule has 248 valence electrons. The number of fused-ring (bicyclic) bond motifs is 3. The average Bonchev–Trinajstić information content (AvgIpc) is 3.40. The van der Waals surface area contributed by atoms with Gasteiger partial charge < -0.3 is 31.5 Å². The summed E-state index contributed by atoms with van der Waals surface area (Å²) in [6.07, 6.45) is 2.31. The number of benzene rings is 3. The number of anilines is 2. The molecule has 0 aromatic heterocycles. The van der Waals surface area contributed by atoms with Gasteiger partial charge >= 0.3 is 11.9 Å². The number of rotatable bonds is 15. The molecule has 0 fully saturated rings. The van der Waals surface area contributed by atoms with E-state index in [-0.39, 0.29) is 24.8 Å². The van der Waals surface area contributed by atoms with E-state index in [1.807, 2.05) is 38.1 Å². The number of carbonyl (C=O) groups excluding carboxylic acids is 4. The number of hydrogen-bond acceptors (Lipinski definition) is 7. The zero-order valence-corrected chi connectivity index (χ0v) is 26.9. The van der Waals surface area contributed by atoms with Gasteiger partial charge in [0, 0.05) is 17.3 Å². The molecule has 0 heterocycles. The Balaban J connectivity index is 1.37. The summed E-state index contributed by atoms with van der Waals surface area (Å²) in [4.78, 5) is 61.7. The van der Waals surface area contributed by atoms with Gasteiger partial charge in [0.1, 0.15) is 6.04 Å². The molecule has 1 aliphatic carbocycles. The molecule has 11 nitrogen and oxygen atoms in total. The molecule has 0 bridgehead atoms. The van der Waals surface area contributed by atoms with E-state index >= 15 is 0 Å². The molecule has 3 aromatic carbocycles. The van der Waals surface area contributed by atoms with E-state index in [2.05, 4.69) is 28.1 Å². The highest BCUT2D eigenvalue weighted by Crippen LogP contribution is 2.38. The highest BCUT2D eigenvalue weighted by Gasteiger charge is 2.28. The second kappa shape index (κ2) is 16.0. The largest absolute Gasteiger partial charge is 0.481 e. The van der Waals surface area contributed by atoms with E-state index in [1.165, 1.54) is 24.8 Å². The summed E-state index contributed by atoms with van der Waals surface area (Å²) < 4.78 is 4.70. The van der Waals surface area contributed by atoms with Gasteiger partial charge in [0.05, 0.1) is 25.6 Å². The van der Waals surface area contributed by atoms with E-state index in [9.17, 15) is 29.1 Å². The number of carboxylic acids is 1. The van der Waals surface area contributed by atoms with E-state index in [4.69, 9.17) is 10.5 Å². The van der Waals surface area contributed by atoms with Crippen LogP contribution in [0.25, 0.3) is 11.1 Å². The fourth-order valence-corrected chi connectivity index (χ4v) is 5.83. The summed E-state index contributed by atoms with van der Waals surface area (Å²) in [6.45, 7) is 3.78. The Morgan fingerprint density at radius 3 is 2.17 bits per heavy atom. The van der Waals surface area contributed by atoms with Gasteiger partial charge in [0.25, 0.3) is 0 Å². The lowest BCUT2D eigenvalue weighted by atomic mass is 9.93. The van der Waals surface area contributed by atoms with Crippen molar-refractivity contribution in [2.45, 2.75) is 58.4 Å². The molecular formula is C36H42N4O7. The van der Waals surface area contributed by atoms with Crippen molar-refractivity contribution in [1.82, 2.24) is 5.32 Å². The van der Waals surface area contributed by atoms with Crippen molar-refractivity contribution >= 4 is 41.0 Å². The quantitative estimate of drug-likeness (QED) is 0.118. The van der Waals surface area contributed by atoms with Crippen molar-refractivity contribution in [3.05, 3.63) is 82.9 Å². The first kappa shape index (κ1) is 34.8. The van der Waals surface area contributed by atoms with E-state index in [1.54, 1.807) is 12.1 Å². The van der Waals surface area contributed by atoms with Crippen LogP contribution < -0.4 is 21.7 Å². The summed E-state index contributed by atoms with van der Waals surface area (Å²) in [6, 6.07) is 17.4. The molecule has 3 amide bonds. The topological polar surface area (TPSA) is 177 Å². The number of carboxylic acid groups (broad SMARTS) is 1. The molecule has 6 N–H and O–H groups in total. The van der Waals surface area contributed by atoms with Crippen LogP contribution in [0.2, 0.25) is 0 Å². The standard InChI is InChI=1S/C36H42N4O7/c1-21(2)15-31(35(45)39-27-10-8-23(9-11-27)36(46)47-3)40-34(44)24(19-33(42)43)6-4-5-22-7-13-29-25(16-22)17-26-18-28(12-14-30(26)29)38-32(41)20-37/h7-14,16,18,21,24,31H,4-6,15,17,19-20,37H2,1-3H3,(H,38,41)(H,39,45)(H,40,44)(H,42,43). The predicted octanol–water partition coefficient (Wildman–Crippen LogP) is 4.52. The highest BCUT2D eigenvalue weighted by molar-refractivity contribution is 5.98. The van der Waals surface area contributed by atoms with Crippen molar-refractivity contribution in [2.75, 3.05) is 24.3 Å². The van der Waals surface area contributed by atoms with Crippen LogP contribution in [-0.4, -0.2) is 54.5 Å². The highest BCUT2D eigenvalue weighted by atomic mass is 16.5. The lowest BCUT2D eigenvalue weighted by Crippen LogP contribution is -2.47. The molecule has 2 unspecified atom stereocenters. The van der Waals surface area contributed by atoms with Gasteiger partial charge in [-0.2, -0.15) is 0 Å². The Morgan fingerprint density at radius 1 is 0.872 bits per heavy atom. The Kier molecular flexibility index (Phi) is 11.9. The molecule has 0 saturated heterocycles. The van der Waals surface area contributed by atoms with Gasteiger partial charge in [-0.1, -0.05) is 38.1 Å². The second-order valence-electron chi connectivity index (χ2n) is 12.2. The van der Waals surface area contributed by atoms with Crippen LogP contribution in [0.1, 0.15) is 66.6 Å². The first-order valence-corrected chi connectivity index (χ1v) is 15.7. The minimum atomic E-state index is -1.09. The van der Waals surface area contributed by atoms with Gasteiger partial charge in [0.2, 0.25) is 17.7 Å². The summed E-state index contributed by atoms with van der Waals surface area (Å²) in [5, 5.41) is 17.9. The van der Waals surface area contributed by atoms with Gasteiger partial charge in [-0.25, -0.2) is 4.79 Å². The Morgan fingerprint density at radius 2 is 1.53 bits per heavy atom. The van der Waals surface area contributed by atoms with Gasteiger partial charge in [-0.15, -0.1) is 0 Å². The van der Waals surface area contributed by atoms with Crippen LogP contribution in [0.4, 0.5) is 11.4 Å². The third-order valence-electron chi connectivity index (χ3n) is 8.14. The first-order valence-electron chi connectivity index (χ1n) is 15.7. The molecule has 11 heteroatoms. The van der Waals surface area contributed by atoms with E-state index in [0.717, 1.165) is 28.7 Å². The SMILES string of the molecule is COC(=O)c1ccc(NC(=O)C(CC(C)C)NC(=O)C(CCCc2ccc3c(c2)Cc2cc(NC(=O)CN)ccc2-3)CC(=O)O)cc1. The number of hydrogen-bond donors (Lipinski definition) is 5. The fourth-order valence-electron chi connectivity index (χ4n) is 5.83. The maximum atomic E-state index is 13.4. The van der Waals surface area contributed by atoms with Crippen molar-refractivity contribution in [3.8, 4) is 11.1 Å². The minimum absolute atomic E-state index is 0.0768. The molecule has 0 aliphatic heterocycles. The van der Waals surface area contributed by atoms with E-state index in [0.29, 0.717) is 42.6 Å². The molecule has 3 aromatic rings. The minimum Gasteiger partial charge on any atom is -0.481 e. The van der Waals surface area contributed by atoms with Crippen LogP contribution in [0.3, 0.4) is 0 Å². The molecule has 1 aliphatic rings. The summed E-state index contributed by atoms with van der Waals surface area (Å²) in [7, 11) is 1.28. The molecular weight excluding hydrogens is 600 g/mol. The smallest absolute Gasteiger partial charge is 0.337 e. The van der Waals surface area contributed by atoms with Crippen molar-refractivity contribution in [3.63, 3.8) is 0 Å². The number of carbonyl (C=O) groups is 5.